The molecule has 0 bridgehead atoms. The van der Waals surface area contributed by atoms with E-state index in [1.807, 2.05) is 0 Å². The molecule has 1 unspecified atom stereocenters. The van der Waals surface area contributed by atoms with Crippen molar-refractivity contribution in [1.82, 2.24) is 20.2 Å². The summed E-state index contributed by atoms with van der Waals surface area (Å²) in [7, 11) is 1.57. The van der Waals surface area contributed by atoms with Crippen molar-refractivity contribution in [2.75, 3.05) is 25.6 Å². The highest BCUT2D eigenvalue weighted by molar-refractivity contribution is 5.95. The van der Waals surface area contributed by atoms with Gasteiger partial charge in [-0.25, -0.2) is 0 Å². The molecular formula is C16H23ClN6O3. The average molecular weight is 383 g/mol. The summed E-state index contributed by atoms with van der Waals surface area (Å²) in [6.07, 6.45) is 1.60. The molecule has 0 saturated carbocycles. The summed E-state index contributed by atoms with van der Waals surface area (Å²) in [6, 6.07) is 4.71. The molecule has 26 heavy (non-hydrogen) atoms. The number of benzene rings is 1. The van der Waals surface area contributed by atoms with Crippen molar-refractivity contribution >= 4 is 24.0 Å². The molecule has 1 fully saturated rings. The number of nitrogens with two attached hydrogens (primary N) is 1. The van der Waals surface area contributed by atoms with Gasteiger partial charge in [-0.15, -0.1) is 17.5 Å². The monoisotopic (exact) mass is 382 g/mol. The topological polar surface area (TPSA) is 117 Å². The van der Waals surface area contributed by atoms with Gasteiger partial charge in [-0.3, -0.25) is 4.79 Å². The third-order valence-corrected chi connectivity index (χ3v) is 4.38. The predicted molar refractivity (Wildman–Crippen MR) is 97.8 cm³/mol. The number of anilines is 1. The molecule has 10 heteroatoms. The third kappa shape index (κ3) is 4.29. The number of ether oxygens (including phenoxy) is 2. The predicted octanol–water partition coefficient (Wildman–Crippen LogP) is 1.09. The molecule has 0 spiro atoms. The number of carbonyl (C=O) groups is 1. The molecule has 2 aromatic rings. The maximum Gasteiger partial charge on any atom is 0.241 e. The lowest BCUT2D eigenvalue weighted by molar-refractivity contribution is -0.119. The molecule has 1 aliphatic heterocycles. The smallest absolute Gasteiger partial charge is 0.241 e. The minimum absolute atomic E-state index is 0. The van der Waals surface area contributed by atoms with Gasteiger partial charge < -0.3 is 20.5 Å². The van der Waals surface area contributed by atoms with E-state index in [9.17, 15) is 4.79 Å². The van der Waals surface area contributed by atoms with E-state index in [0.29, 0.717) is 36.2 Å². The van der Waals surface area contributed by atoms with Crippen molar-refractivity contribution in [3.05, 3.63) is 24.0 Å². The Balaban J connectivity index is 0.00000243. The number of hydrogen-bond donors (Lipinski definition) is 2. The fraction of sp³-hybridized carbons (Fsp3) is 0.500. The van der Waals surface area contributed by atoms with E-state index in [0.717, 1.165) is 12.8 Å². The van der Waals surface area contributed by atoms with Crippen LogP contribution in [0.1, 0.15) is 18.7 Å². The van der Waals surface area contributed by atoms with Gasteiger partial charge in [0, 0.05) is 18.9 Å². The summed E-state index contributed by atoms with van der Waals surface area (Å²) < 4.78 is 12.2. The number of nitrogens with zero attached hydrogens (tertiary/aromatic N) is 4. The van der Waals surface area contributed by atoms with E-state index >= 15 is 0 Å². The first-order valence-corrected chi connectivity index (χ1v) is 8.17. The number of carbonyl (C=O) groups excluding carboxylic acids is 1. The first-order chi connectivity index (χ1) is 12.1. The van der Waals surface area contributed by atoms with E-state index in [1.54, 1.807) is 36.9 Å². The number of aryl methyl sites for hydroxylation is 1. The lowest BCUT2D eigenvalue weighted by Crippen LogP contribution is -2.44. The molecule has 0 aliphatic carbocycles. The quantitative estimate of drug-likeness (QED) is 0.794. The second-order valence-electron chi connectivity index (χ2n) is 5.99. The van der Waals surface area contributed by atoms with Crippen LogP contribution in [0.5, 0.6) is 5.75 Å². The highest BCUT2D eigenvalue weighted by atomic mass is 35.5. The van der Waals surface area contributed by atoms with Gasteiger partial charge in [0.15, 0.2) is 5.82 Å². The number of amides is 1. The van der Waals surface area contributed by atoms with E-state index in [4.69, 9.17) is 15.2 Å². The third-order valence-electron chi connectivity index (χ3n) is 4.38. The zero-order chi connectivity index (χ0) is 17.8. The van der Waals surface area contributed by atoms with Crippen LogP contribution in [0.3, 0.4) is 0 Å². The highest BCUT2D eigenvalue weighted by Crippen LogP contribution is 2.27. The summed E-state index contributed by atoms with van der Waals surface area (Å²) in [5, 5.41) is 14.3. The van der Waals surface area contributed by atoms with Crippen LogP contribution in [0.4, 0.5) is 5.69 Å². The normalized spacial score (nSPS) is 15.8. The Bertz CT molecular complexity index is 747. The van der Waals surface area contributed by atoms with Crippen LogP contribution in [-0.2, 0) is 9.53 Å². The van der Waals surface area contributed by atoms with Gasteiger partial charge in [0.25, 0.3) is 0 Å². The van der Waals surface area contributed by atoms with Crippen molar-refractivity contribution in [1.29, 1.82) is 0 Å². The molecule has 142 valence electrons. The molecule has 1 aliphatic rings. The molecule has 3 N–H and O–H groups in total. The van der Waals surface area contributed by atoms with Gasteiger partial charge in [0.2, 0.25) is 5.91 Å². The molecule has 1 aromatic heterocycles. The maximum atomic E-state index is 12.5. The summed E-state index contributed by atoms with van der Waals surface area (Å²) in [4.78, 5) is 12.5. The van der Waals surface area contributed by atoms with Crippen LogP contribution in [0.15, 0.2) is 18.2 Å². The first kappa shape index (κ1) is 20.1. The zero-order valence-electron chi connectivity index (χ0n) is 14.7. The Morgan fingerprint density at radius 2 is 2.15 bits per heavy atom. The lowest BCUT2D eigenvalue weighted by atomic mass is 9.92. The van der Waals surface area contributed by atoms with Gasteiger partial charge >= 0.3 is 0 Å². The Labute approximate surface area is 157 Å². The Kier molecular flexibility index (Phi) is 6.90. The number of aromatic nitrogens is 4. The van der Waals surface area contributed by atoms with Gasteiger partial charge in [-0.1, -0.05) is 0 Å². The van der Waals surface area contributed by atoms with Crippen molar-refractivity contribution in [3.63, 3.8) is 0 Å². The van der Waals surface area contributed by atoms with E-state index in [1.165, 1.54) is 0 Å². The van der Waals surface area contributed by atoms with Crippen LogP contribution >= 0.6 is 12.4 Å². The molecule has 3 rings (SSSR count). The second kappa shape index (κ2) is 8.93. The molecule has 2 heterocycles. The number of hydrogen-bond acceptors (Lipinski definition) is 7. The number of nitrogens with one attached hydrogen (secondary N) is 1. The van der Waals surface area contributed by atoms with Crippen molar-refractivity contribution in [2.45, 2.75) is 25.8 Å². The van der Waals surface area contributed by atoms with Crippen molar-refractivity contribution < 1.29 is 14.3 Å². The van der Waals surface area contributed by atoms with E-state index < -0.39 is 6.04 Å². The average Bonchev–Trinajstić information content (AvgIpc) is 3.07. The number of rotatable bonds is 5. The molecule has 0 radical (unpaired) electrons. The lowest BCUT2D eigenvalue weighted by Gasteiger charge is -2.26. The summed E-state index contributed by atoms with van der Waals surface area (Å²) in [5.74, 6) is 1.13. The number of tetrazole rings is 1. The largest absolute Gasteiger partial charge is 0.494 e. The standard InChI is InChI=1S/C16H22N6O3.ClH/c1-10-19-20-21-22(10)13-9-12(3-4-14(13)24-2)18-16(23)15(17)11-5-7-25-8-6-11;/h3-4,9,11,15H,5-8,17H2,1-2H3,(H,18,23);1H. The summed E-state index contributed by atoms with van der Waals surface area (Å²) >= 11 is 0. The molecule has 1 saturated heterocycles. The summed E-state index contributed by atoms with van der Waals surface area (Å²) in [5.41, 5.74) is 7.37. The van der Waals surface area contributed by atoms with Gasteiger partial charge in [0.1, 0.15) is 11.4 Å². The molecular weight excluding hydrogens is 360 g/mol. The minimum Gasteiger partial charge on any atom is -0.494 e. The first-order valence-electron chi connectivity index (χ1n) is 8.17. The van der Waals surface area contributed by atoms with Gasteiger partial charge in [-0.05, 0) is 54.3 Å². The minimum atomic E-state index is -0.566. The van der Waals surface area contributed by atoms with Crippen LogP contribution in [0.25, 0.3) is 5.69 Å². The number of halogens is 1. The Morgan fingerprint density at radius 1 is 1.42 bits per heavy atom. The second-order valence-corrected chi connectivity index (χ2v) is 5.99. The Morgan fingerprint density at radius 3 is 2.77 bits per heavy atom. The molecule has 9 nitrogen and oxygen atoms in total. The van der Waals surface area contributed by atoms with Gasteiger partial charge in [-0.2, -0.15) is 4.68 Å². The zero-order valence-corrected chi connectivity index (χ0v) is 15.5. The molecule has 1 amide bonds. The highest BCUT2D eigenvalue weighted by Gasteiger charge is 2.26. The van der Waals surface area contributed by atoms with E-state index in [-0.39, 0.29) is 24.2 Å². The van der Waals surface area contributed by atoms with E-state index in [2.05, 4.69) is 20.8 Å². The van der Waals surface area contributed by atoms with Crippen LogP contribution in [-0.4, -0.2) is 52.5 Å². The van der Waals surface area contributed by atoms with Crippen molar-refractivity contribution in [3.8, 4) is 11.4 Å². The molecule has 1 aromatic carbocycles. The van der Waals surface area contributed by atoms with Gasteiger partial charge in [0.05, 0.1) is 13.2 Å². The number of methoxy groups -OCH3 is 1. The van der Waals surface area contributed by atoms with Crippen LogP contribution in [0.2, 0.25) is 0 Å². The van der Waals surface area contributed by atoms with Crippen LogP contribution < -0.4 is 15.8 Å². The maximum absolute atomic E-state index is 12.5. The molecule has 1 atom stereocenters. The van der Waals surface area contributed by atoms with Crippen LogP contribution in [0, 0.1) is 12.8 Å². The van der Waals surface area contributed by atoms with Crippen molar-refractivity contribution in [2.24, 2.45) is 11.7 Å². The SMILES string of the molecule is COc1ccc(NC(=O)C(N)C2CCOCC2)cc1-n1nnnc1C.Cl. The Hall–Kier alpha value is -2.23. The fourth-order valence-corrected chi connectivity index (χ4v) is 2.90. The summed E-state index contributed by atoms with van der Waals surface area (Å²) in [6.45, 7) is 3.08. The fourth-order valence-electron chi connectivity index (χ4n) is 2.90.